The van der Waals surface area contributed by atoms with Gasteiger partial charge in [0.05, 0.1) is 18.1 Å². The van der Waals surface area contributed by atoms with Gasteiger partial charge in [-0.3, -0.25) is 0 Å². The van der Waals surface area contributed by atoms with Crippen LogP contribution >= 0.6 is 0 Å². The Bertz CT molecular complexity index is 336. The molecule has 2 rings (SSSR count). The van der Waals surface area contributed by atoms with Gasteiger partial charge in [0.1, 0.15) is 18.4 Å². The second kappa shape index (κ2) is 2.16. The highest BCUT2D eigenvalue weighted by Crippen LogP contribution is 2.08. The Kier molecular flexibility index (Phi) is 1.18. The number of rotatable bonds is 1. The molecule has 0 saturated heterocycles. The second-order valence-electron chi connectivity index (χ2n) is 2.19. The van der Waals surface area contributed by atoms with Crippen molar-refractivity contribution < 1.29 is 4.42 Å². The van der Waals surface area contributed by atoms with Gasteiger partial charge in [-0.25, -0.2) is 4.98 Å². The zero-order valence-corrected chi connectivity index (χ0v) is 5.77. The van der Waals surface area contributed by atoms with Crippen molar-refractivity contribution in [2.24, 2.45) is 0 Å². The molecule has 0 radical (unpaired) electrons. The molecule has 2 N–H and O–H groups in total. The number of imidazole rings is 1. The van der Waals surface area contributed by atoms with Crippen LogP contribution < -0.4 is 5.73 Å². The molecule has 0 aliphatic heterocycles. The van der Waals surface area contributed by atoms with E-state index in [2.05, 4.69) is 4.98 Å². The molecule has 0 aliphatic carbocycles. The van der Waals surface area contributed by atoms with Gasteiger partial charge in [-0.1, -0.05) is 0 Å². The van der Waals surface area contributed by atoms with Gasteiger partial charge in [0.25, 0.3) is 0 Å². The monoisotopic (exact) mass is 149 g/mol. The van der Waals surface area contributed by atoms with E-state index in [0.717, 1.165) is 5.69 Å². The van der Waals surface area contributed by atoms with Crippen molar-refractivity contribution in [2.45, 2.75) is 0 Å². The van der Waals surface area contributed by atoms with Gasteiger partial charge in [-0.05, 0) is 0 Å². The second-order valence-corrected chi connectivity index (χ2v) is 2.19. The maximum absolute atomic E-state index is 5.42. The lowest BCUT2D eigenvalue weighted by Gasteiger charge is -1.91. The van der Waals surface area contributed by atoms with E-state index in [4.69, 9.17) is 10.2 Å². The zero-order valence-electron chi connectivity index (χ0n) is 5.77. The summed E-state index contributed by atoms with van der Waals surface area (Å²) in [5.41, 5.74) is 6.35. The molecular formula is C7H7N3O. The third-order valence-electron chi connectivity index (χ3n) is 1.41. The smallest absolute Gasteiger partial charge is 0.141 e. The number of nitrogen functional groups attached to an aromatic ring is 1. The lowest BCUT2D eigenvalue weighted by Crippen LogP contribution is -1.85. The summed E-state index contributed by atoms with van der Waals surface area (Å²) in [7, 11) is 0. The standard InChI is InChI=1S/C7H7N3O/c8-7-3-10(5-9-7)6-1-2-11-4-6/h1-5H,8H2. The van der Waals surface area contributed by atoms with E-state index in [1.807, 2.05) is 6.07 Å². The van der Waals surface area contributed by atoms with Crippen molar-refractivity contribution >= 4 is 5.82 Å². The average molecular weight is 149 g/mol. The Morgan fingerprint density at radius 2 is 2.45 bits per heavy atom. The van der Waals surface area contributed by atoms with Gasteiger partial charge in [0.15, 0.2) is 0 Å². The first-order valence-corrected chi connectivity index (χ1v) is 3.18. The molecule has 0 atom stereocenters. The molecule has 4 nitrogen and oxygen atoms in total. The lowest BCUT2D eigenvalue weighted by molar-refractivity contribution is 0.565. The molecule has 0 spiro atoms. The van der Waals surface area contributed by atoms with E-state index in [1.54, 1.807) is 29.6 Å². The number of hydrogen-bond donors (Lipinski definition) is 1. The maximum Gasteiger partial charge on any atom is 0.141 e. The molecule has 11 heavy (non-hydrogen) atoms. The van der Waals surface area contributed by atoms with E-state index in [9.17, 15) is 0 Å². The van der Waals surface area contributed by atoms with Crippen LogP contribution in [0, 0.1) is 0 Å². The summed E-state index contributed by atoms with van der Waals surface area (Å²) in [5.74, 6) is 0.506. The van der Waals surface area contributed by atoms with Crippen LogP contribution in [0.2, 0.25) is 0 Å². The van der Waals surface area contributed by atoms with Crippen molar-refractivity contribution in [2.75, 3.05) is 5.73 Å². The van der Waals surface area contributed by atoms with E-state index < -0.39 is 0 Å². The average Bonchev–Trinajstić information content (AvgIpc) is 2.55. The van der Waals surface area contributed by atoms with Crippen molar-refractivity contribution in [1.29, 1.82) is 0 Å². The van der Waals surface area contributed by atoms with E-state index in [0.29, 0.717) is 5.82 Å². The number of nitrogens with zero attached hydrogens (tertiary/aromatic N) is 2. The van der Waals surface area contributed by atoms with Crippen LogP contribution in [-0.2, 0) is 0 Å². The summed E-state index contributed by atoms with van der Waals surface area (Å²) in [6.45, 7) is 0. The molecule has 0 amide bonds. The van der Waals surface area contributed by atoms with Crippen molar-refractivity contribution in [3.8, 4) is 5.69 Å². The van der Waals surface area contributed by atoms with Gasteiger partial charge >= 0.3 is 0 Å². The van der Waals surface area contributed by atoms with Gasteiger partial charge in [0.2, 0.25) is 0 Å². The first-order valence-electron chi connectivity index (χ1n) is 3.18. The molecule has 0 aliphatic rings. The van der Waals surface area contributed by atoms with Gasteiger partial charge < -0.3 is 14.7 Å². The van der Waals surface area contributed by atoms with E-state index in [-0.39, 0.29) is 0 Å². The van der Waals surface area contributed by atoms with Crippen molar-refractivity contribution in [3.05, 3.63) is 31.1 Å². The Balaban J connectivity index is 2.45. The number of hydrogen-bond acceptors (Lipinski definition) is 3. The van der Waals surface area contributed by atoms with Gasteiger partial charge in [-0.15, -0.1) is 0 Å². The summed E-state index contributed by atoms with van der Waals surface area (Å²) < 4.78 is 6.68. The molecule has 0 unspecified atom stereocenters. The van der Waals surface area contributed by atoms with Crippen molar-refractivity contribution in [3.63, 3.8) is 0 Å². The summed E-state index contributed by atoms with van der Waals surface area (Å²) in [6, 6.07) is 1.83. The zero-order chi connectivity index (χ0) is 7.68. The van der Waals surface area contributed by atoms with Gasteiger partial charge in [-0.2, -0.15) is 0 Å². The Labute approximate surface area is 63.3 Å². The molecule has 2 aromatic heterocycles. The molecule has 56 valence electrons. The highest BCUT2D eigenvalue weighted by Gasteiger charge is 1.97. The fraction of sp³-hybridized carbons (Fsp3) is 0. The Morgan fingerprint density at radius 3 is 3.00 bits per heavy atom. The summed E-state index contributed by atoms with van der Waals surface area (Å²) in [5, 5.41) is 0. The van der Waals surface area contributed by atoms with Crippen LogP contribution in [0.4, 0.5) is 5.82 Å². The molecule has 2 aromatic rings. The normalized spacial score (nSPS) is 10.2. The first-order chi connectivity index (χ1) is 5.36. The van der Waals surface area contributed by atoms with Crippen LogP contribution in [0.5, 0.6) is 0 Å². The van der Waals surface area contributed by atoms with E-state index >= 15 is 0 Å². The molecular weight excluding hydrogens is 142 g/mol. The van der Waals surface area contributed by atoms with Crippen molar-refractivity contribution in [1.82, 2.24) is 9.55 Å². The van der Waals surface area contributed by atoms with Crippen LogP contribution in [0.15, 0.2) is 35.5 Å². The largest absolute Gasteiger partial charge is 0.470 e. The first kappa shape index (κ1) is 6.03. The minimum atomic E-state index is 0.506. The summed E-state index contributed by atoms with van der Waals surface area (Å²) in [4.78, 5) is 3.87. The minimum absolute atomic E-state index is 0.506. The predicted octanol–water partition coefficient (Wildman–Crippen LogP) is 1.05. The summed E-state index contributed by atoms with van der Waals surface area (Å²) >= 11 is 0. The SMILES string of the molecule is Nc1cn(-c2ccoc2)cn1. The third-order valence-corrected chi connectivity index (χ3v) is 1.41. The minimum Gasteiger partial charge on any atom is -0.470 e. The molecule has 4 heteroatoms. The fourth-order valence-electron chi connectivity index (χ4n) is 0.883. The van der Waals surface area contributed by atoms with Crippen LogP contribution in [-0.4, -0.2) is 9.55 Å². The van der Waals surface area contributed by atoms with E-state index in [1.165, 1.54) is 0 Å². The Hall–Kier alpha value is -1.71. The van der Waals surface area contributed by atoms with Crippen LogP contribution in [0.3, 0.4) is 0 Å². The maximum atomic E-state index is 5.42. The van der Waals surface area contributed by atoms with Crippen LogP contribution in [0.1, 0.15) is 0 Å². The lowest BCUT2D eigenvalue weighted by atomic mass is 10.5. The molecule has 0 bridgehead atoms. The third kappa shape index (κ3) is 0.980. The fourth-order valence-corrected chi connectivity index (χ4v) is 0.883. The highest BCUT2D eigenvalue weighted by atomic mass is 16.3. The Morgan fingerprint density at radius 1 is 1.55 bits per heavy atom. The van der Waals surface area contributed by atoms with Gasteiger partial charge in [0, 0.05) is 6.07 Å². The number of nitrogens with two attached hydrogens (primary N) is 1. The topological polar surface area (TPSA) is 57.0 Å². The molecule has 0 saturated carbocycles. The summed E-state index contributed by atoms with van der Waals surface area (Å²) in [6.07, 6.45) is 6.59. The number of anilines is 1. The quantitative estimate of drug-likeness (QED) is 0.659. The number of furan rings is 1. The highest BCUT2D eigenvalue weighted by molar-refractivity contribution is 5.32. The van der Waals surface area contributed by atoms with Crippen LogP contribution in [0.25, 0.3) is 5.69 Å². The molecule has 0 fully saturated rings. The predicted molar refractivity (Wildman–Crippen MR) is 40.2 cm³/mol. The molecule has 2 heterocycles. The number of aromatic nitrogens is 2. The molecule has 0 aromatic carbocycles.